The molecule has 4 nitrogen and oxygen atoms in total. The Labute approximate surface area is 74.2 Å². The maximum atomic E-state index is 11.3. The molecule has 2 aromatic rings. The first-order valence-corrected chi connectivity index (χ1v) is 4.41. The summed E-state index contributed by atoms with van der Waals surface area (Å²) in [6.45, 7) is 0. The van der Waals surface area contributed by atoms with Gasteiger partial charge in [0, 0.05) is 18.3 Å². The third-order valence-corrected chi connectivity index (χ3v) is 2.41. The van der Waals surface area contributed by atoms with Crippen molar-refractivity contribution in [2.45, 2.75) is 18.8 Å². The Morgan fingerprint density at radius 1 is 1.54 bits per heavy atom. The Kier molecular flexibility index (Phi) is 1.17. The van der Waals surface area contributed by atoms with Crippen LogP contribution in [0, 0.1) is 0 Å². The molecule has 2 heterocycles. The van der Waals surface area contributed by atoms with E-state index in [1.165, 1.54) is 12.8 Å². The molecule has 1 aliphatic rings. The minimum Gasteiger partial charge on any atom is -0.314 e. The summed E-state index contributed by atoms with van der Waals surface area (Å²) in [6.07, 6.45) is 5.89. The van der Waals surface area contributed by atoms with Gasteiger partial charge >= 0.3 is 5.69 Å². The summed E-state index contributed by atoms with van der Waals surface area (Å²) < 4.78 is 1.56. The van der Waals surface area contributed by atoms with E-state index < -0.39 is 0 Å². The quantitative estimate of drug-likeness (QED) is 0.700. The van der Waals surface area contributed by atoms with Crippen molar-refractivity contribution in [1.29, 1.82) is 0 Å². The van der Waals surface area contributed by atoms with E-state index >= 15 is 0 Å². The number of hydrogen-bond acceptors (Lipinski definition) is 2. The number of fused-ring (bicyclic) bond motifs is 1. The van der Waals surface area contributed by atoms with Gasteiger partial charge in [0.2, 0.25) is 0 Å². The van der Waals surface area contributed by atoms with Gasteiger partial charge in [-0.15, -0.1) is 0 Å². The van der Waals surface area contributed by atoms with Crippen LogP contribution < -0.4 is 5.69 Å². The zero-order valence-corrected chi connectivity index (χ0v) is 7.03. The summed E-state index contributed by atoms with van der Waals surface area (Å²) in [4.78, 5) is 18.3. The lowest BCUT2D eigenvalue weighted by Crippen LogP contribution is -2.13. The summed E-state index contributed by atoms with van der Waals surface area (Å²) in [6, 6.07) is 1.81. The van der Waals surface area contributed by atoms with E-state index in [1.807, 2.05) is 12.3 Å². The van der Waals surface area contributed by atoms with Crippen LogP contribution in [0.3, 0.4) is 0 Å². The molecular formula is C9H9N3O. The number of nitrogens with one attached hydrogen (secondary N) is 1. The highest BCUT2D eigenvalue weighted by atomic mass is 16.1. The van der Waals surface area contributed by atoms with Gasteiger partial charge in [-0.05, 0) is 18.9 Å². The molecule has 0 aromatic carbocycles. The molecule has 1 fully saturated rings. The molecular weight excluding hydrogens is 166 g/mol. The van der Waals surface area contributed by atoms with Crippen LogP contribution >= 0.6 is 0 Å². The van der Waals surface area contributed by atoms with Gasteiger partial charge in [-0.2, -0.15) is 0 Å². The van der Waals surface area contributed by atoms with Gasteiger partial charge in [0.15, 0.2) is 0 Å². The second-order valence-corrected chi connectivity index (χ2v) is 3.45. The molecule has 2 aromatic heterocycles. The zero-order valence-electron chi connectivity index (χ0n) is 7.03. The highest BCUT2D eigenvalue weighted by Gasteiger charge is 2.26. The fourth-order valence-electron chi connectivity index (χ4n) is 1.53. The van der Waals surface area contributed by atoms with Crippen molar-refractivity contribution in [3.63, 3.8) is 0 Å². The van der Waals surface area contributed by atoms with Crippen molar-refractivity contribution in [3.05, 3.63) is 34.6 Å². The molecule has 66 valence electrons. The molecule has 0 unspecified atom stereocenters. The van der Waals surface area contributed by atoms with Crippen LogP contribution in [0.4, 0.5) is 0 Å². The highest BCUT2D eigenvalue weighted by Crippen LogP contribution is 2.39. The second-order valence-electron chi connectivity index (χ2n) is 3.45. The minimum absolute atomic E-state index is 0.114. The molecule has 0 bridgehead atoms. The third kappa shape index (κ3) is 0.983. The van der Waals surface area contributed by atoms with Crippen LogP contribution in [0.2, 0.25) is 0 Å². The predicted molar refractivity (Wildman–Crippen MR) is 47.8 cm³/mol. The van der Waals surface area contributed by atoms with Gasteiger partial charge in [-0.25, -0.2) is 9.78 Å². The van der Waals surface area contributed by atoms with Gasteiger partial charge in [0.1, 0.15) is 5.65 Å². The van der Waals surface area contributed by atoms with Crippen molar-refractivity contribution in [1.82, 2.24) is 14.4 Å². The number of imidazole rings is 1. The molecule has 0 atom stereocenters. The first kappa shape index (κ1) is 6.88. The summed E-state index contributed by atoms with van der Waals surface area (Å²) in [5.74, 6) is 0.597. The molecule has 4 heteroatoms. The van der Waals surface area contributed by atoms with Gasteiger partial charge < -0.3 is 4.98 Å². The average molecular weight is 175 g/mol. The molecule has 0 aliphatic heterocycles. The monoisotopic (exact) mass is 175 g/mol. The Bertz CT molecular complexity index is 507. The van der Waals surface area contributed by atoms with Crippen LogP contribution in [0.25, 0.3) is 5.65 Å². The molecule has 0 amide bonds. The van der Waals surface area contributed by atoms with E-state index in [-0.39, 0.29) is 5.69 Å². The molecule has 3 rings (SSSR count). The van der Waals surface area contributed by atoms with Crippen molar-refractivity contribution < 1.29 is 0 Å². The zero-order chi connectivity index (χ0) is 8.84. The largest absolute Gasteiger partial charge is 0.331 e. The number of hydrogen-bond donors (Lipinski definition) is 1. The number of H-pyrrole nitrogens is 1. The molecule has 1 saturated carbocycles. The normalized spacial score (nSPS) is 16.6. The second kappa shape index (κ2) is 2.22. The van der Waals surface area contributed by atoms with Gasteiger partial charge in [-0.3, -0.25) is 4.40 Å². The number of nitrogens with zero attached hydrogens (tertiary/aromatic N) is 2. The van der Waals surface area contributed by atoms with Crippen molar-refractivity contribution >= 4 is 5.65 Å². The fourth-order valence-corrected chi connectivity index (χ4v) is 1.53. The first-order chi connectivity index (χ1) is 6.34. The average Bonchev–Trinajstić information content (AvgIpc) is 2.87. The lowest BCUT2D eigenvalue weighted by molar-refractivity contribution is 0.996. The van der Waals surface area contributed by atoms with E-state index in [0.29, 0.717) is 5.92 Å². The summed E-state index contributed by atoms with van der Waals surface area (Å²) >= 11 is 0. The van der Waals surface area contributed by atoms with Crippen LogP contribution in [0.15, 0.2) is 23.3 Å². The van der Waals surface area contributed by atoms with Gasteiger partial charge in [-0.1, -0.05) is 0 Å². The summed E-state index contributed by atoms with van der Waals surface area (Å²) in [5.41, 5.74) is 1.68. The lowest BCUT2D eigenvalue weighted by Gasteiger charge is -1.86. The lowest BCUT2D eigenvalue weighted by atomic mass is 10.3. The van der Waals surface area contributed by atoms with E-state index in [1.54, 1.807) is 10.6 Å². The molecule has 13 heavy (non-hydrogen) atoms. The fraction of sp³-hybridized carbons (Fsp3) is 0.333. The number of rotatable bonds is 1. The van der Waals surface area contributed by atoms with Crippen LogP contribution in [-0.4, -0.2) is 14.4 Å². The van der Waals surface area contributed by atoms with E-state index in [9.17, 15) is 4.79 Å². The number of aromatic nitrogens is 3. The topological polar surface area (TPSA) is 50.2 Å². The van der Waals surface area contributed by atoms with E-state index in [0.717, 1.165) is 11.3 Å². The smallest absolute Gasteiger partial charge is 0.314 e. The Hall–Kier alpha value is -1.58. The van der Waals surface area contributed by atoms with Crippen LogP contribution in [0.1, 0.15) is 24.5 Å². The Morgan fingerprint density at radius 2 is 2.38 bits per heavy atom. The maximum Gasteiger partial charge on any atom is 0.331 e. The van der Waals surface area contributed by atoms with Crippen molar-refractivity contribution in [3.8, 4) is 0 Å². The molecule has 0 radical (unpaired) electrons. The standard InChI is InChI=1S/C9H9N3O/c13-9-10-4-3-8-11-7(5-12(8)9)6-1-2-6/h3-6H,1-2H2,(H,10,13). The van der Waals surface area contributed by atoms with Gasteiger partial charge in [0.05, 0.1) is 5.69 Å². The molecule has 0 saturated heterocycles. The van der Waals surface area contributed by atoms with Gasteiger partial charge in [0.25, 0.3) is 0 Å². The van der Waals surface area contributed by atoms with Crippen LogP contribution in [-0.2, 0) is 0 Å². The van der Waals surface area contributed by atoms with E-state index in [4.69, 9.17) is 0 Å². The Morgan fingerprint density at radius 3 is 3.08 bits per heavy atom. The SMILES string of the molecule is O=c1[nH]ccc2nc(C3CC3)cn12. The van der Waals surface area contributed by atoms with Crippen molar-refractivity contribution in [2.24, 2.45) is 0 Å². The molecule has 1 aliphatic carbocycles. The van der Waals surface area contributed by atoms with Crippen molar-refractivity contribution in [2.75, 3.05) is 0 Å². The Balaban J connectivity index is 2.32. The summed E-state index contributed by atoms with van der Waals surface area (Å²) in [5, 5.41) is 0. The van der Waals surface area contributed by atoms with E-state index in [2.05, 4.69) is 9.97 Å². The molecule has 1 N–H and O–H groups in total. The van der Waals surface area contributed by atoms with Crippen LogP contribution in [0.5, 0.6) is 0 Å². The highest BCUT2D eigenvalue weighted by molar-refractivity contribution is 5.39. The molecule has 0 spiro atoms. The first-order valence-electron chi connectivity index (χ1n) is 4.41. The number of aromatic amines is 1. The summed E-state index contributed by atoms with van der Waals surface area (Å²) in [7, 11) is 0. The third-order valence-electron chi connectivity index (χ3n) is 2.41. The maximum absolute atomic E-state index is 11.3. The predicted octanol–water partition coefficient (Wildman–Crippen LogP) is 0.900. The minimum atomic E-state index is -0.114.